The molecular weight excluding hydrogens is 196 g/mol. The normalized spacial score (nSPS) is 24.4. The van der Waals surface area contributed by atoms with Gasteiger partial charge in [0.25, 0.3) is 0 Å². The maximum Gasteiger partial charge on any atom is 0.00817 e. The summed E-state index contributed by atoms with van der Waals surface area (Å²) in [5.41, 5.74) is 0. The first-order valence-corrected chi connectivity index (χ1v) is 7.25. The summed E-state index contributed by atoms with van der Waals surface area (Å²) >= 11 is 0. The Balaban J connectivity index is 2.23. The molecule has 1 aliphatic rings. The quantitative estimate of drug-likeness (QED) is 0.727. The third-order valence-electron chi connectivity index (χ3n) is 3.81. The Morgan fingerprint density at radius 2 is 1.94 bits per heavy atom. The van der Waals surface area contributed by atoms with E-state index >= 15 is 0 Å². The van der Waals surface area contributed by atoms with E-state index in [9.17, 15) is 0 Å². The Labute approximate surface area is 102 Å². The van der Waals surface area contributed by atoms with E-state index in [4.69, 9.17) is 0 Å². The van der Waals surface area contributed by atoms with Crippen LogP contribution in [0, 0.1) is 0 Å². The molecule has 16 heavy (non-hydrogen) atoms. The highest BCUT2D eigenvalue weighted by Crippen LogP contribution is 2.13. The molecule has 1 heterocycles. The van der Waals surface area contributed by atoms with Gasteiger partial charge in [0.1, 0.15) is 0 Å². The van der Waals surface area contributed by atoms with Gasteiger partial charge in [0.15, 0.2) is 0 Å². The van der Waals surface area contributed by atoms with Crippen molar-refractivity contribution in [3.63, 3.8) is 0 Å². The molecule has 1 fully saturated rings. The van der Waals surface area contributed by atoms with Crippen molar-refractivity contribution < 1.29 is 0 Å². The van der Waals surface area contributed by atoms with Crippen LogP contribution in [0.4, 0.5) is 0 Å². The SMILES string of the molecule is CCC(CC)NC(C)CC1CCCCCN1. The Morgan fingerprint density at radius 1 is 1.19 bits per heavy atom. The highest BCUT2D eigenvalue weighted by atomic mass is 15.0. The fourth-order valence-corrected chi connectivity index (χ4v) is 2.72. The third-order valence-corrected chi connectivity index (χ3v) is 3.81. The molecule has 0 aromatic rings. The highest BCUT2D eigenvalue weighted by Gasteiger charge is 2.16. The molecule has 0 aliphatic carbocycles. The Kier molecular flexibility index (Phi) is 7.06. The number of hydrogen-bond donors (Lipinski definition) is 2. The second-order valence-corrected chi connectivity index (χ2v) is 5.32. The molecule has 0 saturated carbocycles. The molecule has 0 amide bonds. The largest absolute Gasteiger partial charge is 0.314 e. The molecule has 2 atom stereocenters. The summed E-state index contributed by atoms with van der Waals surface area (Å²) in [7, 11) is 0. The summed E-state index contributed by atoms with van der Waals surface area (Å²) in [6.45, 7) is 8.11. The summed E-state index contributed by atoms with van der Waals surface area (Å²) in [4.78, 5) is 0. The van der Waals surface area contributed by atoms with Gasteiger partial charge in [-0.3, -0.25) is 0 Å². The van der Waals surface area contributed by atoms with Crippen LogP contribution >= 0.6 is 0 Å². The molecule has 0 bridgehead atoms. The summed E-state index contributed by atoms with van der Waals surface area (Å²) in [5.74, 6) is 0. The lowest BCUT2D eigenvalue weighted by molar-refractivity contribution is 0.359. The highest BCUT2D eigenvalue weighted by molar-refractivity contribution is 4.78. The van der Waals surface area contributed by atoms with Crippen molar-refractivity contribution in [2.24, 2.45) is 0 Å². The Morgan fingerprint density at radius 3 is 2.62 bits per heavy atom. The monoisotopic (exact) mass is 226 g/mol. The molecule has 2 heteroatoms. The van der Waals surface area contributed by atoms with Gasteiger partial charge in [-0.1, -0.05) is 26.7 Å². The molecule has 1 aliphatic heterocycles. The minimum absolute atomic E-state index is 0.653. The maximum absolute atomic E-state index is 3.74. The van der Waals surface area contributed by atoms with Crippen LogP contribution in [0.15, 0.2) is 0 Å². The van der Waals surface area contributed by atoms with Crippen LogP contribution in [0.2, 0.25) is 0 Å². The molecule has 0 spiro atoms. The van der Waals surface area contributed by atoms with Crippen LogP contribution in [0.25, 0.3) is 0 Å². The molecule has 96 valence electrons. The molecular formula is C14H30N2. The lowest BCUT2D eigenvalue weighted by atomic mass is 10.0. The van der Waals surface area contributed by atoms with E-state index < -0.39 is 0 Å². The number of hydrogen-bond acceptors (Lipinski definition) is 2. The van der Waals surface area contributed by atoms with Gasteiger partial charge >= 0.3 is 0 Å². The van der Waals surface area contributed by atoms with Gasteiger partial charge in [0, 0.05) is 18.1 Å². The van der Waals surface area contributed by atoms with Crippen molar-refractivity contribution in [1.29, 1.82) is 0 Å². The molecule has 2 nitrogen and oxygen atoms in total. The van der Waals surface area contributed by atoms with Crippen LogP contribution in [-0.4, -0.2) is 24.7 Å². The van der Waals surface area contributed by atoms with Gasteiger partial charge < -0.3 is 10.6 Å². The summed E-state index contributed by atoms with van der Waals surface area (Å²) in [5, 5.41) is 7.43. The first kappa shape index (κ1) is 14.0. The Hall–Kier alpha value is -0.0800. The first-order valence-electron chi connectivity index (χ1n) is 7.25. The van der Waals surface area contributed by atoms with Crippen molar-refractivity contribution in [3.8, 4) is 0 Å². The first-order chi connectivity index (χ1) is 7.76. The smallest absolute Gasteiger partial charge is 0.00817 e. The van der Waals surface area contributed by atoms with E-state index in [-0.39, 0.29) is 0 Å². The summed E-state index contributed by atoms with van der Waals surface area (Å²) < 4.78 is 0. The lowest BCUT2D eigenvalue weighted by Gasteiger charge is -2.25. The predicted octanol–water partition coefficient (Wildman–Crippen LogP) is 3.08. The van der Waals surface area contributed by atoms with E-state index in [1.165, 1.54) is 51.5 Å². The van der Waals surface area contributed by atoms with Crippen LogP contribution in [0.5, 0.6) is 0 Å². The summed E-state index contributed by atoms with van der Waals surface area (Å²) in [6, 6.07) is 2.11. The third kappa shape index (κ3) is 5.31. The second kappa shape index (κ2) is 8.08. The number of rotatable bonds is 6. The molecule has 2 N–H and O–H groups in total. The lowest BCUT2D eigenvalue weighted by Crippen LogP contribution is -2.41. The van der Waals surface area contributed by atoms with Crippen LogP contribution in [0.1, 0.15) is 65.7 Å². The van der Waals surface area contributed by atoms with Crippen molar-refractivity contribution >= 4 is 0 Å². The minimum atomic E-state index is 0.653. The molecule has 1 rings (SSSR count). The van der Waals surface area contributed by atoms with Crippen molar-refractivity contribution in [2.45, 2.75) is 83.8 Å². The zero-order chi connectivity index (χ0) is 11.8. The average Bonchev–Trinajstić information content (AvgIpc) is 2.54. The predicted molar refractivity (Wildman–Crippen MR) is 71.8 cm³/mol. The fourth-order valence-electron chi connectivity index (χ4n) is 2.72. The van der Waals surface area contributed by atoms with Gasteiger partial charge in [-0.05, 0) is 45.6 Å². The number of nitrogens with one attached hydrogen (secondary N) is 2. The van der Waals surface area contributed by atoms with Gasteiger partial charge in [0.2, 0.25) is 0 Å². The van der Waals surface area contributed by atoms with E-state index in [2.05, 4.69) is 31.4 Å². The second-order valence-electron chi connectivity index (χ2n) is 5.32. The molecule has 0 radical (unpaired) electrons. The van der Waals surface area contributed by atoms with Crippen molar-refractivity contribution in [3.05, 3.63) is 0 Å². The van der Waals surface area contributed by atoms with Gasteiger partial charge in [-0.2, -0.15) is 0 Å². The van der Waals surface area contributed by atoms with Gasteiger partial charge in [-0.15, -0.1) is 0 Å². The van der Waals surface area contributed by atoms with Crippen molar-refractivity contribution in [1.82, 2.24) is 10.6 Å². The zero-order valence-electron chi connectivity index (χ0n) is 11.4. The zero-order valence-corrected chi connectivity index (χ0v) is 11.4. The van der Waals surface area contributed by atoms with Crippen LogP contribution in [-0.2, 0) is 0 Å². The molecule has 0 aromatic heterocycles. The van der Waals surface area contributed by atoms with Gasteiger partial charge in [0.05, 0.1) is 0 Å². The maximum atomic E-state index is 3.74. The molecule has 0 aromatic carbocycles. The van der Waals surface area contributed by atoms with Crippen LogP contribution < -0.4 is 10.6 Å². The van der Waals surface area contributed by atoms with Crippen molar-refractivity contribution in [2.75, 3.05) is 6.54 Å². The standard InChI is InChI=1S/C14H30N2/c1-4-13(5-2)16-12(3)11-14-9-7-6-8-10-15-14/h12-16H,4-11H2,1-3H3. The molecule has 2 unspecified atom stereocenters. The van der Waals surface area contributed by atoms with E-state index in [1.54, 1.807) is 0 Å². The molecule has 1 saturated heterocycles. The van der Waals surface area contributed by atoms with Crippen LogP contribution in [0.3, 0.4) is 0 Å². The van der Waals surface area contributed by atoms with E-state index in [0.717, 1.165) is 6.04 Å². The minimum Gasteiger partial charge on any atom is -0.314 e. The summed E-state index contributed by atoms with van der Waals surface area (Å²) in [6.07, 6.45) is 9.35. The van der Waals surface area contributed by atoms with E-state index in [0.29, 0.717) is 12.1 Å². The Bertz CT molecular complexity index is 158. The van der Waals surface area contributed by atoms with Gasteiger partial charge in [-0.25, -0.2) is 0 Å². The average molecular weight is 226 g/mol. The fraction of sp³-hybridized carbons (Fsp3) is 1.00. The van der Waals surface area contributed by atoms with E-state index in [1.807, 2.05) is 0 Å². The topological polar surface area (TPSA) is 24.1 Å².